The Labute approximate surface area is 144 Å². The molecule has 0 bridgehead atoms. The summed E-state index contributed by atoms with van der Waals surface area (Å²) < 4.78 is 0. The third kappa shape index (κ3) is 4.35. The van der Waals surface area contributed by atoms with Gasteiger partial charge in [-0.15, -0.1) is 0 Å². The number of fused-ring (bicyclic) bond motifs is 1. The molecule has 0 spiro atoms. The molecule has 3 rings (SSSR count). The second-order valence-electron chi connectivity index (χ2n) is 7.64. The van der Waals surface area contributed by atoms with Crippen LogP contribution in [0.5, 0.6) is 0 Å². The van der Waals surface area contributed by atoms with Crippen molar-refractivity contribution in [2.75, 3.05) is 50.7 Å². The largest absolute Gasteiger partial charge is 0.389 e. The summed E-state index contributed by atoms with van der Waals surface area (Å²) in [6.45, 7) is 9.29. The fraction of sp³-hybridized carbons (Fsp3) is 0.632. The smallest absolute Gasteiger partial charge is 0.241 e. The molecule has 2 aliphatic heterocycles. The van der Waals surface area contributed by atoms with Crippen molar-refractivity contribution >= 4 is 11.6 Å². The monoisotopic (exact) mass is 331 g/mol. The quantitative estimate of drug-likeness (QED) is 0.905. The highest BCUT2D eigenvalue weighted by molar-refractivity contribution is 5.95. The number of rotatable bonds is 4. The van der Waals surface area contributed by atoms with Gasteiger partial charge in [-0.05, 0) is 38.3 Å². The number of benzene rings is 1. The van der Waals surface area contributed by atoms with Crippen LogP contribution in [0.3, 0.4) is 0 Å². The Hall–Kier alpha value is -1.43. The minimum atomic E-state index is -0.657. The van der Waals surface area contributed by atoms with Gasteiger partial charge in [-0.25, -0.2) is 0 Å². The fourth-order valence-electron chi connectivity index (χ4n) is 3.72. The Bertz CT molecular complexity index is 574. The highest BCUT2D eigenvalue weighted by atomic mass is 16.3. The van der Waals surface area contributed by atoms with Crippen LogP contribution in [-0.2, 0) is 11.2 Å². The van der Waals surface area contributed by atoms with Crippen LogP contribution in [0.4, 0.5) is 5.69 Å². The molecule has 1 saturated heterocycles. The van der Waals surface area contributed by atoms with E-state index in [9.17, 15) is 9.90 Å². The van der Waals surface area contributed by atoms with E-state index in [1.54, 1.807) is 0 Å². The number of aliphatic hydroxyl groups is 1. The first-order chi connectivity index (χ1) is 11.4. The first-order valence-electron chi connectivity index (χ1n) is 8.98. The van der Waals surface area contributed by atoms with Crippen molar-refractivity contribution in [2.24, 2.45) is 0 Å². The summed E-state index contributed by atoms with van der Waals surface area (Å²) in [4.78, 5) is 19.2. The molecule has 0 saturated carbocycles. The minimum absolute atomic E-state index is 0.207. The molecular weight excluding hydrogens is 302 g/mol. The van der Waals surface area contributed by atoms with Crippen molar-refractivity contribution in [2.45, 2.75) is 32.3 Å². The molecule has 2 aliphatic rings. The Morgan fingerprint density at radius 3 is 2.46 bits per heavy atom. The number of nitrogens with zero attached hydrogens (tertiary/aromatic N) is 3. The van der Waals surface area contributed by atoms with E-state index in [2.05, 4.69) is 28.0 Å². The summed E-state index contributed by atoms with van der Waals surface area (Å²) in [5.41, 5.74) is 1.72. The molecule has 2 heterocycles. The third-order valence-electron chi connectivity index (χ3n) is 4.85. The molecule has 1 N–H and O–H groups in total. The number of hydrogen-bond donors (Lipinski definition) is 1. The number of carbonyl (C=O) groups excluding carboxylic acids is 1. The lowest BCUT2D eigenvalue weighted by Crippen LogP contribution is -2.53. The number of carbonyl (C=O) groups is 1. The zero-order chi connectivity index (χ0) is 17.2. The molecule has 0 atom stereocenters. The van der Waals surface area contributed by atoms with E-state index in [1.807, 2.05) is 24.8 Å². The van der Waals surface area contributed by atoms with Crippen molar-refractivity contribution in [3.63, 3.8) is 0 Å². The third-order valence-corrected chi connectivity index (χ3v) is 4.85. The van der Waals surface area contributed by atoms with Gasteiger partial charge in [0.15, 0.2) is 0 Å². The van der Waals surface area contributed by atoms with Gasteiger partial charge in [0.1, 0.15) is 0 Å². The fourth-order valence-corrected chi connectivity index (χ4v) is 3.72. The highest BCUT2D eigenvalue weighted by Gasteiger charge is 2.27. The van der Waals surface area contributed by atoms with Crippen LogP contribution in [0.15, 0.2) is 24.3 Å². The van der Waals surface area contributed by atoms with Gasteiger partial charge in [0.05, 0.1) is 12.1 Å². The summed E-state index contributed by atoms with van der Waals surface area (Å²) in [5.74, 6) is 0.207. The minimum Gasteiger partial charge on any atom is -0.389 e. The van der Waals surface area contributed by atoms with E-state index in [0.717, 1.165) is 51.3 Å². The van der Waals surface area contributed by atoms with Crippen LogP contribution in [0.25, 0.3) is 0 Å². The number of piperazine rings is 1. The molecule has 5 nitrogen and oxygen atoms in total. The maximum absolute atomic E-state index is 12.8. The van der Waals surface area contributed by atoms with Gasteiger partial charge in [0, 0.05) is 45.0 Å². The number of para-hydroxylation sites is 1. The van der Waals surface area contributed by atoms with E-state index < -0.39 is 5.60 Å². The van der Waals surface area contributed by atoms with Crippen molar-refractivity contribution in [3.8, 4) is 0 Å². The number of β-amino-alcohol motifs (C(OH)–C–C–N with tert-alkyl or cyclic N) is 1. The number of aryl methyl sites for hydroxylation is 1. The van der Waals surface area contributed by atoms with Gasteiger partial charge in [-0.3, -0.25) is 14.6 Å². The van der Waals surface area contributed by atoms with Crippen LogP contribution in [-0.4, -0.2) is 72.2 Å². The van der Waals surface area contributed by atoms with Gasteiger partial charge >= 0.3 is 0 Å². The maximum atomic E-state index is 12.8. The SMILES string of the molecule is CC(C)(O)CN1CCN(CC(=O)N2CCCc3ccccc32)CC1. The van der Waals surface area contributed by atoms with Gasteiger partial charge < -0.3 is 10.0 Å². The van der Waals surface area contributed by atoms with Crippen molar-refractivity contribution in [1.82, 2.24) is 9.80 Å². The lowest BCUT2D eigenvalue weighted by atomic mass is 10.0. The molecule has 0 aromatic heterocycles. The lowest BCUT2D eigenvalue weighted by molar-refractivity contribution is -0.120. The molecule has 1 aromatic carbocycles. The molecule has 0 unspecified atom stereocenters. The average molecular weight is 331 g/mol. The molecule has 0 radical (unpaired) electrons. The van der Waals surface area contributed by atoms with Crippen LogP contribution in [0, 0.1) is 0 Å². The summed E-state index contributed by atoms with van der Waals surface area (Å²) >= 11 is 0. The Morgan fingerprint density at radius 1 is 1.08 bits per heavy atom. The molecule has 24 heavy (non-hydrogen) atoms. The van der Waals surface area contributed by atoms with Gasteiger partial charge in [0.2, 0.25) is 5.91 Å². The second kappa shape index (κ2) is 7.21. The van der Waals surface area contributed by atoms with Crippen LogP contribution in [0.1, 0.15) is 25.8 Å². The molecule has 5 heteroatoms. The highest BCUT2D eigenvalue weighted by Crippen LogP contribution is 2.26. The molecule has 1 amide bonds. The number of anilines is 1. The van der Waals surface area contributed by atoms with E-state index in [0.29, 0.717) is 13.1 Å². The van der Waals surface area contributed by atoms with Crippen molar-refractivity contribution in [1.29, 1.82) is 0 Å². The normalized spacial score (nSPS) is 20.0. The topological polar surface area (TPSA) is 47.0 Å². The zero-order valence-electron chi connectivity index (χ0n) is 14.9. The van der Waals surface area contributed by atoms with E-state index in [4.69, 9.17) is 0 Å². The Kier molecular flexibility index (Phi) is 5.23. The molecule has 132 valence electrons. The standard InChI is InChI=1S/C19H29N3O2/c1-19(2,24)15-21-12-10-20(11-13-21)14-18(23)22-9-5-7-16-6-3-4-8-17(16)22/h3-4,6,8,24H,5,7,9-15H2,1-2H3. The van der Waals surface area contributed by atoms with Crippen LogP contribution in [0.2, 0.25) is 0 Å². The van der Waals surface area contributed by atoms with Crippen molar-refractivity contribution < 1.29 is 9.90 Å². The van der Waals surface area contributed by atoms with E-state index >= 15 is 0 Å². The summed E-state index contributed by atoms with van der Waals surface area (Å²) in [6, 6.07) is 8.26. The van der Waals surface area contributed by atoms with E-state index in [-0.39, 0.29) is 5.91 Å². The van der Waals surface area contributed by atoms with Crippen LogP contribution < -0.4 is 4.90 Å². The van der Waals surface area contributed by atoms with Gasteiger partial charge in [-0.2, -0.15) is 0 Å². The Morgan fingerprint density at radius 2 is 1.75 bits per heavy atom. The molecule has 1 fully saturated rings. The molecule has 0 aliphatic carbocycles. The summed E-state index contributed by atoms with van der Waals surface area (Å²) in [5, 5.41) is 9.93. The summed E-state index contributed by atoms with van der Waals surface area (Å²) in [7, 11) is 0. The average Bonchev–Trinajstić information content (AvgIpc) is 2.55. The summed E-state index contributed by atoms with van der Waals surface area (Å²) in [6.07, 6.45) is 2.11. The lowest BCUT2D eigenvalue weighted by Gasteiger charge is -2.38. The van der Waals surface area contributed by atoms with E-state index in [1.165, 1.54) is 5.56 Å². The first kappa shape index (κ1) is 17.4. The predicted octanol–water partition coefficient (Wildman–Crippen LogP) is 1.35. The van der Waals surface area contributed by atoms with Gasteiger partial charge in [0.25, 0.3) is 0 Å². The predicted molar refractivity (Wildman–Crippen MR) is 96.3 cm³/mol. The van der Waals surface area contributed by atoms with Crippen LogP contribution >= 0.6 is 0 Å². The number of amides is 1. The number of hydrogen-bond acceptors (Lipinski definition) is 4. The zero-order valence-corrected chi connectivity index (χ0v) is 14.9. The Balaban J connectivity index is 1.54. The molecular formula is C19H29N3O2. The van der Waals surface area contributed by atoms with Gasteiger partial charge in [-0.1, -0.05) is 18.2 Å². The molecule has 1 aromatic rings. The second-order valence-corrected chi connectivity index (χ2v) is 7.64. The maximum Gasteiger partial charge on any atom is 0.241 e. The first-order valence-corrected chi connectivity index (χ1v) is 8.98. The van der Waals surface area contributed by atoms with Crippen molar-refractivity contribution in [3.05, 3.63) is 29.8 Å².